The van der Waals surface area contributed by atoms with Crippen LogP contribution in [0.25, 0.3) is 0 Å². The minimum absolute atomic E-state index is 0.129. The zero-order valence-corrected chi connectivity index (χ0v) is 18.1. The van der Waals surface area contributed by atoms with Crippen LogP contribution in [0.2, 0.25) is 5.02 Å². The molecule has 29 heavy (non-hydrogen) atoms. The van der Waals surface area contributed by atoms with Gasteiger partial charge < -0.3 is 16.0 Å². The molecule has 1 aliphatic carbocycles. The summed E-state index contributed by atoms with van der Waals surface area (Å²) in [5.74, 6) is 0.173. The van der Waals surface area contributed by atoms with Crippen LogP contribution in [-0.2, 0) is 11.3 Å². The molecule has 1 unspecified atom stereocenters. The summed E-state index contributed by atoms with van der Waals surface area (Å²) >= 11 is 7.35. The van der Waals surface area contributed by atoms with Crippen molar-refractivity contribution in [2.75, 3.05) is 12.4 Å². The third-order valence-corrected chi connectivity index (χ3v) is 6.51. The van der Waals surface area contributed by atoms with Crippen molar-refractivity contribution >= 4 is 40.4 Å². The number of carbonyl (C=O) groups is 2. The van der Waals surface area contributed by atoms with Gasteiger partial charge in [0.1, 0.15) is 6.04 Å². The zero-order chi connectivity index (χ0) is 20.6. The quantitative estimate of drug-likeness (QED) is 0.580. The van der Waals surface area contributed by atoms with Crippen LogP contribution in [0, 0.1) is 5.92 Å². The van der Waals surface area contributed by atoms with Crippen molar-refractivity contribution < 1.29 is 9.59 Å². The van der Waals surface area contributed by atoms with Gasteiger partial charge in [-0.05, 0) is 30.5 Å². The first-order valence-corrected chi connectivity index (χ1v) is 11.2. The number of likely N-dealkylation sites (N-methyl/N-ethyl adjacent to an activating group) is 1. The number of anilines is 1. The summed E-state index contributed by atoms with van der Waals surface area (Å²) in [4.78, 5) is 30.7. The molecule has 3 N–H and O–H groups in total. The maximum Gasteiger partial charge on any atom is 0.262 e. The second-order valence-corrected chi connectivity index (χ2v) is 9.00. The van der Waals surface area contributed by atoms with Gasteiger partial charge in [-0.2, -0.15) is 0 Å². The van der Waals surface area contributed by atoms with Gasteiger partial charge in [0, 0.05) is 24.7 Å². The maximum atomic E-state index is 12.7. The molecule has 0 bridgehead atoms. The van der Waals surface area contributed by atoms with Crippen LogP contribution in [0.5, 0.6) is 0 Å². The molecule has 0 aliphatic heterocycles. The van der Waals surface area contributed by atoms with E-state index in [1.54, 1.807) is 31.6 Å². The van der Waals surface area contributed by atoms with Crippen LogP contribution in [0.1, 0.15) is 53.1 Å². The summed E-state index contributed by atoms with van der Waals surface area (Å²) in [6, 6.07) is 5.03. The first-order chi connectivity index (χ1) is 14.0. The number of hydrogen-bond acceptors (Lipinski definition) is 5. The van der Waals surface area contributed by atoms with E-state index in [4.69, 9.17) is 11.6 Å². The number of amides is 2. The number of nitrogens with one attached hydrogen (secondary N) is 3. The molecule has 0 radical (unpaired) electrons. The molecule has 2 heterocycles. The fraction of sp³-hybridized carbons (Fsp3) is 0.476. The SMILES string of the molecule is CNC(=O)C(CC1CCCCC1)NC(=O)c1ccc(CNc2cncc(Cl)c2)s1. The van der Waals surface area contributed by atoms with E-state index < -0.39 is 6.04 Å². The van der Waals surface area contributed by atoms with E-state index in [9.17, 15) is 9.59 Å². The summed E-state index contributed by atoms with van der Waals surface area (Å²) in [5, 5.41) is 9.43. The van der Waals surface area contributed by atoms with Crippen LogP contribution >= 0.6 is 22.9 Å². The summed E-state index contributed by atoms with van der Waals surface area (Å²) in [6.45, 7) is 0.570. The lowest BCUT2D eigenvalue weighted by atomic mass is 9.84. The van der Waals surface area contributed by atoms with Crippen LogP contribution in [0.4, 0.5) is 5.69 Å². The van der Waals surface area contributed by atoms with Crippen molar-refractivity contribution in [1.82, 2.24) is 15.6 Å². The number of halogens is 1. The maximum absolute atomic E-state index is 12.7. The Hall–Kier alpha value is -2.12. The molecule has 3 rings (SSSR count). The van der Waals surface area contributed by atoms with Gasteiger partial charge in [-0.15, -0.1) is 11.3 Å². The average molecular weight is 435 g/mol. The van der Waals surface area contributed by atoms with Gasteiger partial charge in [-0.25, -0.2) is 0 Å². The average Bonchev–Trinajstić information content (AvgIpc) is 3.21. The van der Waals surface area contributed by atoms with E-state index in [1.807, 2.05) is 6.07 Å². The molecular formula is C21H27ClN4O2S. The van der Waals surface area contributed by atoms with Gasteiger partial charge in [-0.1, -0.05) is 43.7 Å². The van der Waals surface area contributed by atoms with E-state index >= 15 is 0 Å². The minimum Gasteiger partial charge on any atom is -0.379 e. The zero-order valence-electron chi connectivity index (χ0n) is 16.5. The number of rotatable bonds is 8. The van der Waals surface area contributed by atoms with Crippen molar-refractivity contribution in [1.29, 1.82) is 0 Å². The molecule has 2 amide bonds. The van der Waals surface area contributed by atoms with E-state index in [0.717, 1.165) is 23.4 Å². The van der Waals surface area contributed by atoms with Gasteiger partial charge in [-0.3, -0.25) is 14.6 Å². The fourth-order valence-electron chi connectivity index (χ4n) is 3.68. The summed E-state index contributed by atoms with van der Waals surface area (Å²) in [5.41, 5.74) is 0.823. The van der Waals surface area contributed by atoms with E-state index in [-0.39, 0.29) is 11.8 Å². The molecule has 156 valence electrons. The van der Waals surface area contributed by atoms with E-state index in [1.165, 1.54) is 30.6 Å². The predicted octanol–water partition coefficient (Wildman–Crippen LogP) is 4.22. The lowest BCUT2D eigenvalue weighted by molar-refractivity contribution is -0.123. The first kappa shape index (κ1) is 21.6. The highest BCUT2D eigenvalue weighted by Crippen LogP contribution is 2.27. The Morgan fingerprint density at radius 1 is 1.24 bits per heavy atom. The smallest absolute Gasteiger partial charge is 0.262 e. The van der Waals surface area contributed by atoms with Crippen molar-refractivity contribution in [2.45, 2.75) is 51.1 Å². The molecule has 6 nitrogen and oxygen atoms in total. The van der Waals surface area contributed by atoms with Gasteiger partial charge in [0.05, 0.1) is 21.8 Å². The number of hydrogen-bond donors (Lipinski definition) is 3. The van der Waals surface area contributed by atoms with Crippen molar-refractivity contribution in [3.05, 3.63) is 45.4 Å². The number of aromatic nitrogens is 1. The van der Waals surface area contributed by atoms with Crippen molar-refractivity contribution in [3.63, 3.8) is 0 Å². The molecule has 0 aromatic carbocycles. The molecule has 0 spiro atoms. The standard InChI is InChI=1S/C21H27ClN4O2S/c1-23-20(27)18(9-14-5-3-2-4-6-14)26-21(28)19-8-7-17(29-19)13-25-16-10-15(22)11-24-12-16/h7-8,10-12,14,18,25H,2-6,9,13H2,1H3,(H,23,27)(H,26,28). The topological polar surface area (TPSA) is 83.1 Å². The monoisotopic (exact) mass is 434 g/mol. The predicted molar refractivity (Wildman–Crippen MR) is 117 cm³/mol. The Bertz CT molecular complexity index is 836. The minimum atomic E-state index is -0.489. The Morgan fingerprint density at radius 2 is 2.03 bits per heavy atom. The number of nitrogens with zero attached hydrogens (tertiary/aromatic N) is 1. The van der Waals surface area contributed by atoms with Crippen LogP contribution in [0.3, 0.4) is 0 Å². The molecule has 0 saturated heterocycles. The van der Waals surface area contributed by atoms with Crippen molar-refractivity contribution in [3.8, 4) is 0 Å². The second kappa shape index (κ2) is 10.6. The van der Waals surface area contributed by atoms with Gasteiger partial charge in [0.2, 0.25) is 5.91 Å². The molecule has 1 atom stereocenters. The molecule has 2 aromatic rings. The molecule has 1 saturated carbocycles. The molecule has 1 fully saturated rings. The molecular weight excluding hydrogens is 408 g/mol. The molecule has 8 heteroatoms. The van der Waals surface area contributed by atoms with Gasteiger partial charge in [0.25, 0.3) is 5.91 Å². The fourth-order valence-corrected chi connectivity index (χ4v) is 4.71. The van der Waals surface area contributed by atoms with Crippen LogP contribution in [-0.4, -0.2) is 29.9 Å². The number of pyridine rings is 1. The highest BCUT2D eigenvalue weighted by atomic mass is 35.5. The highest BCUT2D eigenvalue weighted by molar-refractivity contribution is 7.14. The molecule has 2 aromatic heterocycles. The lowest BCUT2D eigenvalue weighted by Gasteiger charge is -2.26. The van der Waals surface area contributed by atoms with Gasteiger partial charge in [0.15, 0.2) is 0 Å². The Balaban J connectivity index is 1.57. The number of carbonyl (C=O) groups excluding carboxylic acids is 2. The Labute approximate surface area is 180 Å². The highest BCUT2D eigenvalue weighted by Gasteiger charge is 2.26. The normalized spacial score (nSPS) is 15.5. The van der Waals surface area contributed by atoms with Gasteiger partial charge >= 0.3 is 0 Å². The summed E-state index contributed by atoms with van der Waals surface area (Å²) < 4.78 is 0. The third-order valence-electron chi connectivity index (χ3n) is 5.22. The Kier molecular flexibility index (Phi) is 7.89. The first-order valence-electron chi connectivity index (χ1n) is 10.0. The van der Waals surface area contributed by atoms with Crippen LogP contribution in [0.15, 0.2) is 30.6 Å². The third kappa shape index (κ3) is 6.44. The van der Waals surface area contributed by atoms with E-state index in [0.29, 0.717) is 28.8 Å². The summed E-state index contributed by atoms with van der Waals surface area (Å²) in [6.07, 6.45) is 9.94. The Morgan fingerprint density at radius 3 is 2.76 bits per heavy atom. The largest absolute Gasteiger partial charge is 0.379 e. The van der Waals surface area contributed by atoms with Crippen molar-refractivity contribution in [2.24, 2.45) is 5.92 Å². The summed E-state index contributed by atoms with van der Waals surface area (Å²) in [7, 11) is 1.61. The second-order valence-electron chi connectivity index (χ2n) is 7.39. The number of thiophene rings is 1. The van der Waals surface area contributed by atoms with Crippen LogP contribution < -0.4 is 16.0 Å². The lowest BCUT2D eigenvalue weighted by Crippen LogP contribution is -2.46. The molecule has 1 aliphatic rings. The van der Waals surface area contributed by atoms with E-state index in [2.05, 4.69) is 20.9 Å².